The molecular formula is C18H36N2. The van der Waals surface area contributed by atoms with Gasteiger partial charge in [0.2, 0.25) is 0 Å². The molecule has 1 N–H and O–H groups in total. The van der Waals surface area contributed by atoms with Crippen molar-refractivity contribution in [3.63, 3.8) is 0 Å². The summed E-state index contributed by atoms with van der Waals surface area (Å²) < 4.78 is 0. The third-order valence-electron chi connectivity index (χ3n) is 4.72. The molecule has 0 aliphatic carbocycles. The molecule has 0 bridgehead atoms. The van der Waals surface area contributed by atoms with Crippen LogP contribution >= 0.6 is 0 Å². The van der Waals surface area contributed by atoms with Gasteiger partial charge in [-0.05, 0) is 51.7 Å². The molecule has 1 atom stereocenters. The molecule has 0 heterocycles. The van der Waals surface area contributed by atoms with E-state index in [1.54, 1.807) is 0 Å². The van der Waals surface area contributed by atoms with Gasteiger partial charge in [-0.3, -0.25) is 4.90 Å². The maximum atomic E-state index is 5.42. The van der Waals surface area contributed by atoms with Crippen molar-refractivity contribution in [3.8, 4) is 12.3 Å². The highest BCUT2D eigenvalue weighted by atomic mass is 15.2. The zero-order valence-corrected chi connectivity index (χ0v) is 14.5. The highest BCUT2D eigenvalue weighted by molar-refractivity contribution is 4.99. The van der Waals surface area contributed by atoms with Crippen LogP contribution in [0, 0.1) is 12.3 Å². The van der Waals surface area contributed by atoms with E-state index in [2.05, 4.69) is 50.8 Å². The Morgan fingerprint density at radius 2 is 1.70 bits per heavy atom. The number of likely N-dealkylation sites (N-methyl/N-ethyl adjacent to an activating group) is 1. The summed E-state index contributed by atoms with van der Waals surface area (Å²) in [5.41, 5.74) is 0.271. The van der Waals surface area contributed by atoms with Crippen LogP contribution in [0.4, 0.5) is 0 Å². The fourth-order valence-electron chi connectivity index (χ4n) is 3.55. The SMILES string of the molecule is C#CCCCC(NCCC)C(CC)(CC)N(CC)CC. The molecule has 2 heteroatoms. The molecule has 0 fully saturated rings. The van der Waals surface area contributed by atoms with Crippen LogP contribution in [0.1, 0.15) is 73.1 Å². The molecule has 0 saturated carbocycles. The van der Waals surface area contributed by atoms with Crippen LogP contribution in [0.5, 0.6) is 0 Å². The summed E-state index contributed by atoms with van der Waals surface area (Å²) in [6.07, 6.45) is 12.2. The zero-order valence-electron chi connectivity index (χ0n) is 14.5. The highest BCUT2D eigenvalue weighted by Gasteiger charge is 2.38. The molecule has 0 aromatic carbocycles. The molecule has 0 aliphatic heterocycles. The summed E-state index contributed by atoms with van der Waals surface area (Å²) in [5, 5.41) is 3.81. The molecule has 0 aromatic rings. The van der Waals surface area contributed by atoms with Gasteiger partial charge in [0.05, 0.1) is 0 Å². The van der Waals surface area contributed by atoms with Crippen molar-refractivity contribution >= 4 is 0 Å². The van der Waals surface area contributed by atoms with E-state index in [1.807, 2.05) is 0 Å². The van der Waals surface area contributed by atoms with Crippen molar-refractivity contribution in [2.75, 3.05) is 19.6 Å². The van der Waals surface area contributed by atoms with Gasteiger partial charge in [-0.15, -0.1) is 12.3 Å². The van der Waals surface area contributed by atoms with Crippen molar-refractivity contribution in [3.05, 3.63) is 0 Å². The first-order chi connectivity index (χ1) is 9.66. The lowest BCUT2D eigenvalue weighted by atomic mass is 9.80. The maximum absolute atomic E-state index is 5.42. The molecular weight excluding hydrogens is 244 g/mol. The van der Waals surface area contributed by atoms with Crippen LogP contribution in [-0.2, 0) is 0 Å². The molecule has 0 radical (unpaired) electrons. The van der Waals surface area contributed by atoms with E-state index in [0.29, 0.717) is 6.04 Å². The first-order valence-electron chi connectivity index (χ1n) is 8.58. The van der Waals surface area contributed by atoms with Crippen LogP contribution < -0.4 is 5.32 Å². The summed E-state index contributed by atoms with van der Waals surface area (Å²) in [5.74, 6) is 2.78. The number of hydrogen-bond acceptors (Lipinski definition) is 2. The van der Waals surface area contributed by atoms with E-state index in [9.17, 15) is 0 Å². The van der Waals surface area contributed by atoms with Gasteiger partial charge in [0.15, 0.2) is 0 Å². The van der Waals surface area contributed by atoms with Crippen molar-refractivity contribution in [1.29, 1.82) is 0 Å². The van der Waals surface area contributed by atoms with E-state index in [-0.39, 0.29) is 5.54 Å². The second kappa shape index (κ2) is 11.2. The van der Waals surface area contributed by atoms with Gasteiger partial charge < -0.3 is 5.32 Å². The molecule has 20 heavy (non-hydrogen) atoms. The van der Waals surface area contributed by atoms with Crippen LogP contribution in [0.25, 0.3) is 0 Å². The highest BCUT2D eigenvalue weighted by Crippen LogP contribution is 2.30. The van der Waals surface area contributed by atoms with Crippen molar-refractivity contribution in [2.24, 2.45) is 0 Å². The molecule has 0 aromatic heterocycles. The molecule has 0 rings (SSSR count). The lowest BCUT2D eigenvalue weighted by molar-refractivity contribution is 0.0455. The normalized spacial score (nSPS) is 13.4. The third kappa shape index (κ3) is 5.11. The smallest absolute Gasteiger partial charge is 0.0357 e. The Balaban J connectivity index is 5.10. The zero-order chi connectivity index (χ0) is 15.4. The van der Waals surface area contributed by atoms with Crippen LogP contribution in [0.2, 0.25) is 0 Å². The molecule has 0 amide bonds. The Morgan fingerprint density at radius 3 is 2.10 bits per heavy atom. The predicted molar refractivity (Wildman–Crippen MR) is 91.0 cm³/mol. The first-order valence-corrected chi connectivity index (χ1v) is 8.58. The number of hydrogen-bond donors (Lipinski definition) is 1. The number of nitrogens with one attached hydrogen (secondary N) is 1. The van der Waals surface area contributed by atoms with Gasteiger partial charge in [0, 0.05) is 18.0 Å². The summed E-state index contributed by atoms with van der Waals surface area (Å²) in [6, 6.07) is 0.547. The van der Waals surface area contributed by atoms with Gasteiger partial charge in [-0.2, -0.15) is 0 Å². The fourth-order valence-corrected chi connectivity index (χ4v) is 3.55. The Hall–Kier alpha value is -0.520. The Morgan fingerprint density at radius 1 is 1.10 bits per heavy atom. The number of terminal acetylenes is 1. The lowest BCUT2D eigenvalue weighted by Crippen LogP contribution is -2.61. The monoisotopic (exact) mass is 280 g/mol. The summed E-state index contributed by atoms with van der Waals surface area (Å²) in [4.78, 5) is 2.65. The fraction of sp³-hybridized carbons (Fsp3) is 0.889. The Kier molecular flexibility index (Phi) is 10.9. The maximum Gasteiger partial charge on any atom is 0.0357 e. The Labute approximate surface area is 127 Å². The van der Waals surface area contributed by atoms with E-state index in [0.717, 1.165) is 32.5 Å². The van der Waals surface area contributed by atoms with E-state index in [1.165, 1.54) is 25.7 Å². The summed E-state index contributed by atoms with van der Waals surface area (Å²) >= 11 is 0. The molecule has 0 aliphatic rings. The van der Waals surface area contributed by atoms with E-state index in [4.69, 9.17) is 6.42 Å². The van der Waals surface area contributed by atoms with Crippen LogP contribution in [0.15, 0.2) is 0 Å². The topological polar surface area (TPSA) is 15.3 Å². The van der Waals surface area contributed by atoms with Gasteiger partial charge >= 0.3 is 0 Å². The quantitative estimate of drug-likeness (QED) is 0.428. The van der Waals surface area contributed by atoms with Crippen molar-refractivity contribution < 1.29 is 0 Å². The predicted octanol–water partition coefficient (Wildman–Crippen LogP) is 4.06. The van der Waals surface area contributed by atoms with Gasteiger partial charge in [0.1, 0.15) is 0 Å². The number of unbranched alkanes of at least 4 members (excludes halogenated alkanes) is 1. The lowest BCUT2D eigenvalue weighted by Gasteiger charge is -2.48. The van der Waals surface area contributed by atoms with Crippen molar-refractivity contribution in [1.82, 2.24) is 10.2 Å². The molecule has 0 saturated heterocycles. The summed E-state index contributed by atoms with van der Waals surface area (Å²) in [6.45, 7) is 14.8. The second-order valence-electron chi connectivity index (χ2n) is 5.59. The van der Waals surface area contributed by atoms with Gasteiger partial charge in [-0.25, -0.2) is 0 Å². The number of rotatable bonds is 12. The minimum Gasteiger partial charge on any atom is -0.312 e. The average molecular weight is 280 g/mol. The third-order valence-corrected chi connectivity index (χ3v) is 4.72. The molecule has 0 spiro atoms. The van der Waals surface area contributed by atoms with E-state index < -0.39 is 0 Å². The summed E-state index contributed by atoms with van der Waals surface area (Å²) in [7, 11) is 0. The van der Waals surface area contributed by atoms with E-state index >= 15 is 0 Å². The number of nitrogens with zero attached hydrogens (tertiary/aromatic N) is 1. The van der Waals surface area contributed by atoms with Crippen molar-refractivity contribution in [2.45, 2.75) is 84.7 Å². The minimum atomic E-state index is 0.271. The minimum absolute atomic E-state index is 0.271. The Bertz CT molecular complexity index is 259. The van der Waals surface area contributed by atoms with Crippen LogP contribution in [0.3, 0.4) is 0 Å². The first kappa shape index (κ1) is 19.5. The molecule has 118 valence electrons. The van der Waals surface area contributed by atoms with Gasteiger partial charge in [-0.1, -0.05) is 34.6 Å². The standard InChI is InChI=1S/C18H36N2/c1-7-13-14-15-17(19-16-8-2)18(9-3,10-4)20(11-5)12-6/h1,17,19H,8-16H2,2-6H3. The average Bonchev–Trinajstić information content (AvgIpc) is 2.49. The molecule has 2 nitrogen and oxygen atoms in total. The largest absolute Gasteiger partial charge is 0.312 e. The molecule has 1 unspecified atom stereocenters. The van der Waals surface area contributed by atoms with Crippen LogP contribution in [-0.4, -0.2) is 36.1 Å². The second-order valence-corrected chi connectivity index (χ2v) is 5.59. The van der Waals surface area contributed by atoms with Gasteiger partial charge in [0.25, 0.3) is 0 Å².